The van der Waals surface area contributed by atoms with Crippen LogP contribution in [0.3, 0.4) is 0 Å². The van der Waals surface area contributed by atoms with E-state index in [9.17, 15) is 5.21 Å². The standard InChI is InChI=1S/C9H8N3O/c13-12(11-8-4-7-10-11)9-5-2-1-3-6-9/h1-8H/q-1. The summed E-state index contributed by atoms with van der Waals surface area (Å²) in [6.07, 6.45) is 3.16. The number of hydrogen-bond donors (Lipinski definition) is 0. The molecule has 2 rings (SSSR count). The smallest absolute Gasteiger partial charge is 0.0510 e. The Morgan fingerprint density at radius 1 is 1.15 bits per heavy atom. The molecule has 0 bridgehead atoms. The normalized spacial score (nSPS) is 9.92. The Kier molecular flexibility index (Phi) is 1.97. The molecule has 4 nitrogen and oxygen atoms in total. The molecule has 0 fully saturated rings. The van der Waals surface area contributed by atoms with E-state index in [1.54, 1.807) is 30.6 Å². The van der Waals surface area contributed by atoms with Crippen molar-refractivity contribution < 1.29 is 0 Å². The number of para-hydroxylation sites is 1. The number of nitrogens with zero attached hydrogens (tertiary/aromatic N) is 3. The summed E-state index contributed by atoms with van der Waals surface area (Å²) in [5, 5.41) is 16.1. The molecule has 1 aromatic heterocycles. The molecule has 0 atom stereocenters. The molecule has 0 spiro atoms. The first-order valence-corrected chi connectivity index (χ1v) is 3.90. The maximum Gasteiger partial charge on any atom is 0.0510 e. The molecule has 66 valence electrons. The van der Waals surface area contributed by atoms with Crippen molar-refractivity contribution in [2.45, 2.75) is 0 Å². The molecule has 0 radical (unpaired) electrons. The number of anilines is 1. The third-order valence-electron chi connectivity index (χ3n) is 1.65. The van der Waals surface area contributed by atoms with Crippen molar-refractivity contribution in [3.63, 3.8) is 0 Å². The zero-order valence-corrected chi connectivity index (χ0v) is 6.87. The summed E-state index contributed by atoms with van der Waals surface area (Å²) in [5.41, 5.74) is 0.561. The summed E-state index contributed by atoms with van der Waals surface area (Å²) in [6.45, 7) is 0. The van der Waals surface area contributed by atoms with Crippen molar-refractivity contribution in [2.24, 2.45) is 0 Å². The molecular weight excluding hydrogens is 166 g/mol. The summed E-state index contributed by atoms with van der Waals surface area (Å²) in [5.74, 6) is 0. The molecule has 0 saturated heterocycles. The van der Waals surface area contributed by atoms with Gasteiger partial charge in [-0.3, -0.25) is 0 Å². The zero-order chi connectivity index (χ0) is 9.10. The van der Waals surface area contributed by atoms with Crippen LogP contribution in [0.1, 0.15) is 0 Å². The van der Waals surface area contributed by atoms with Gasteiger partial charge in [-0.2, -0.15) is 9.89 Å². The molecule has 13 heavy (non-hydrogen) atoms. The quantitative estimate of drug-likeness (QED) is 0.650. The first-order valence-electron chi connectivity index (χ1n) is 3.90. The second kappa shape index (κ2) is 3.28. The van der Waals surface area contributed by atoms with Gasteiger partial charge in [0.1, 0.15) is 0 Å². The van der Waals surface area contributed by atoms with Crippen molar-refractivity contribution in [1.29, 1.82) is 0 Å². The monoisotopic (exact) mass is 174 g/mol. The Hall–Kier alpha value is -1.81. The highest BCUT2D eigenvalue weighted by Gasteiger charge is 1.94. The van der Waals surface area contributed by atoms with Crippen LogP contribution in [-0.4, -0.2) is 9.89 Å². The number of aromatic nitrogens is 2. The van der Waals surface area contributed by atoms with Crippen LogP contribution in [0.4, 0.5) is 5.69 Å². The van der Waals surface area contributed by atoms with E-state index in [1.807, 2.05) is 18.2 Å². The molecule has 0 aliphatic rings. The van der Waals surface area contributed by atoms with Crippen LogP contribution in [-0.2, 0) is 0 Å². The van der Waals surface area contributed by atoms with Crippen LogP contribution in [0.5, 0.6) is 0 Å². The predicted molar refractivity (Wildman–Crippen MR) is 49.9 cm³/mol. The average molecular weight is 174 g/mol. The third-order valence-corrected chi connectivity index (χ3v) is 1.65. The molecule has 1 aromatic carbocycles. The van der Waals surface area contributed by atoms with E-state index >= 15 is 0 Å². The fourth-order valence-electron chi connectivity index (χ4n) is 1.04. The van der Waals surface area contributed by atoms with Crippen molar-refractivity contribution in [1.82, 2.24) is 9.89 Å². The summed E-state index contributed by atoms with van der Waals surface area (Å²) in [7, 11) is 0. The van der Waals surface area contributed by atoms with Gasteiger partial charge in [0, 0.05) is 11.9 Å². The maximum absolute atomic E-state index is 11.5. The molecule has 0 amide bonds. The van der Waals surface area contributed by atoms with Gasteiger partial charge < -0.3 is 10.4 Å². The van der Waals surface area contributed by atoms with Crippen molar-refractivity contribution in [2.75, 3.05) is 5.17 Å². The Morgan fingerprint density at radius 2 is 1.92 bits per heavy atom. The molecule has 0 unspecified atom stereocenters. The Bertz CT molecular complexity index is 358. The Morgan fingerprint density at radius 3 is 2.54 bits per heavy atom. The SMILES string of the molecule is [O-]N(c1ccccc1)n1cccn1. The van der Waals surface area contributed by atoms with Gasteiger partial charge in [-0.15, -0.1) is 0 Å². The molecule has 0 aliphatic heterocycles. The van der Waals surface area contributed by atoms with Crippen LogP contribution in [0.25, 0.3) is 0 Å². The van der Waals surface area contributed by atoms with E-state index in [-0.39, 0.29) is 0 Å². The van der Waals surface area contributed by atoms with Crippen LogP contribution in [0, 0.1) is 5.21 Å². The van der Waals surface area contributed by atoms with Gasteiger partial charge in [0.05, 0.1) is 6.20 Å². The Balaban J connectivity index is 2.29. The fourth-order valence-corrected chi connectivity index (χ4v) is 1.04. The molecule has 2 aromatic rings. The van der Waals surface area contributed by atoms with Gasteiger partial charge in [0.25, 0.3) is 0 Å². The fraction of sp³-hybridized carbons (Fsp3) is 0. The molecular formula is C9H8N3O-. The number of hydrogen-bond acceptors (Lipinski definition) is 3. The lowest BCUT2D eigenvalue weighted by Gasteiger charge is -2.29. The summed E-state index contributed by atoms with van der Waals surface area (Å²) in [6, 6.07) is 10.6. The lowest BCUT2D eigenvalue weighted by Crippen LogP contribution is -2.22. The van der Waals surface area contributed by atoms with Gasteiger partial charge in [0.15, 0.2) is 0 Å². The number of benzene rings is 1. The van der Waals surface area contributed by atoms with Crippen LogP contribution < -0.4 is 5.17 Å². The van der Waals surface area contributed by atoms with Crippen molar-refractivity contribution in [3.05, 3.63) is 54.0 Å². The molecule has 1 heterocycles. The summed E-state index contributed by atoms with van der Waals surface area (Å²) >= 11 is 0. The topological polar surface area (TPSA) is 44.1 Å². The van der Waals surface area contributed by atoms with Crippen LogP contribution in [0.2, 0.25) is 0 Å². The highest BCUT2D eigenvalue weighted by Crippen LogP contribution is 2.11. The highest BCUT2D eigenvalue weighted by molar-refractivity contribution is 5.45. The molecule has 4 heteroatoms. The van der Waals surface area contributed by atoms with Gasteiger partial charge >= 0.3 is 0 Å². The first-order chi connectivity index (χ1) is 6.38. The van der Waals surface area contributed by atoms with E-state index in [0.717, 1.165) is 5.17 Å². The minimum atomic E-state index is 0.561. The van der Waals surface area contributed by atoms with Gasteiger partial charge in [-0.1, -0.05) is 18.2 Å². The summed E-state index contributed by atoms with van der Waals surface area (Å²) in [4.78, 5) is 1.23. The largest absolute Gasteiger partial charge is 0.737 e. The molecule has 0 saturated carbocycles. The average Bonchev–Trinajstić information content (AvgIpc) is 2.71. The zero-order valence-electron chi connectivity index (χ0n) is 6.87. The second-order valence-corrected chi connectivity index (χ2v) is 2.53. The van der Waals surface area contributed by atoms with E-state index in [1.165, 1.54) is 4.79 Å². The summed E-state index contributed by atoms with van der Waals surface area (Å²) < 4.78 is 0. The van der Waals surface area contributed by atoms with Crippen molar-refractivity contribution in [3.8, 4) is 0 Å². The maximum atomic E-state index is 11.5. The minimum Gasteiger partial charge on any atom is -0.737 e. The van der Waals surface area contributed by atoms with Crippen LogP contribution >= 0.6 is 0 Å². The van der Waals surface area contributed by atoms with E-state index in [4.69, 9.17) is 0 Å². The van der Waals surface area contributed by atoms with Gasteiger partial charge in [0.2, 0.25) is 0 Å². The van der Waals surface area contributed by atoms with E-state index < -0.39 is 0 Å². The highest BCUT2D eigenvalue weighted by atomic mass is 16.5. The third kappa shape index (κ3) is 1.52. The van der Waals surface area contributed by atoms with Crippen molar-refractivity contribution >= 4 is 5.69 Å². The van der Waals surface area contributed by atoms with Gasteiger partial charge in [-0.25, -0.2) is 0 Å². The van der Waals surface area contributed by atoms with Crippen LogP contribution in [0.15, 0.2) is 48.8 Å². The first kappa shape index (κ1) is 7.82. The minimum absolute atomic E-state index is 0.561. The molecule has 0 N–H and O–H groups in total. The van der Waals surface area contributed by atoms with Gasteiger partial charge in [-0.05, 0) is 18.2 Å². The van der Waals surface area contributed by atoms with E-state index in [0.29, 0.717) is 5.69 Å². The van der Waals surface area contributed by atoms with E-state index in [2.05, 4.69) is 5.10 Å². The lowest BCUT2D eigenvalue weighted by molar-refractivity contribution is 0.698. The Labute approximate surface area is 75.6 Å². The lowest BCUT2D eigenvalue weighted by atomic mass is 10.3. The number of rotatable bonds is 2. The predicted octanol–water partition coefficient (Wildman–Crippen LogP) is 1.65. The molecule has 0 aliphatic carbocycles. The second-order valence-electron chi connectivity index (χ2n) is 2.53.